The molecule has 84 valence electrons. The standard InChI is InChI=1S/C13H14FNO/c1-2-7-15-8-9-16-13(10-15)11-3-5-12(14)6-4-11/h1,3-6,13H,7-10H2. The van der Waals surface area contributed by atoms with E-state index in [2.05, 4.69) is 10.8 Å². The van der Waals surface area contributed by atoms with Crippen LogP contribution in [0.15, 0.2) is 24.3 Å². The van der Waals surface area contributed by atoms with Gasteiger partial charge in [0.25, 0.3) is 0 Å². The zero-order valence-electron chi connectivity index (χ0n) is 9.03. The highest BCUT2D eigenvalue weighted by Crippen LogP contribution is 2.22. The summed E-state index contributed by atoms with van der Waals surface area (Å²) in [6.07, 6.45) is 5.28. The lowest BCUT2D eigenvalue weighted by molar-refractivity contribution is -0.0253. The number of ether oxygens (including phenoxy) is 1. The van der Waals surface area contributed by atoms with Gasteiger partial charge >= 0.3 is 0 Å². The molecule has 1 aliphatic rings. The molecule has 0 aliphatic carbocycles. The third-order valence-corrected chi connectivity index (χ3v) is 2.71. The number of nitrogens with zero attached hydrogens (tertiary/aromatic N) is 1. The van der Waals surface area contributed by atoms with Crippen LogP contribution < -0.4 is 0 Å². The monoisotopic (exact) mass is 219 g/mol. The van der Waals surface area contributed by atoms with Crippen LogP contribution >= 0.6 is 0 Å². The van der Waals surface area contributed by atoms with Crippen molar-refractivity contribution in [3.63, 3.8) is 0 Å². The van der Waals surface area contributed by atoms with Crippen molar-refractivity contribution in [2.24, 2.45) is 0 Å². The van der Waals surface area contributed by atoms with Crippen LogP contribution in [0.25, 0.3) is 0 Å². The maximum Gasteiger partial charge on any atom is 0.123 e. The number of halogens is 1. The summed E-state index contributed by atoms with van der Waals surface area (Å²) in [5.74, 6) is 2.41. The normalized spacial score (nSPS) is 21.6. The van der Waals surface area contributed by atoms with Crippen molar-refractivity contribution in [1.29, 1.82) is 0 Å². The van der Waals surface area contributed by atoms with Crippen molar-refractivity contribution in [2.45, 2.75) is 6.10 Å². The first-order valence-corrected chi connectivity index (χ1v) is 5.32. The van der Waals surface area contributed by atoms with Gasteiger partial charge in [-0.25, -0.2) is 4.39 Å². The number of benzene rings is 1. The summed E-state index contributed by atoms with van der Waals surface area (Å²) in [5.41, 5.74) is 1.00. The van der Waals surface area contributed by atoms with Crippen LogP contribution in [0, 0.1) is 18.2 Å². The first-order chi connectivity index (χ1) is 7.79. The second kappa shape index (κ2) is 5.11. The third-order valence-electron chi connectivity index (χ3n) is 2.71. The maximum atomic E-state index is 12.8. The van der Waals surface area contributed by atoms with E-state index in [9.17, 15) is 4.39 Å². The molecule has 0 saturated carbocycles. The Bertz CT molecular complexity index is 382. The third kappa shape index (κ3) is 2.60. The Labute approximate surface area is 95.0 Å². The largest absolute Gasteiger partial charge is 0.371 e. The van der Waals surface area contributed by atoms with E-state index in [0.29, 0.717) is 13.2 Å². The van der Waals surface area contributed by atoms with Crippen molar-refractivity contribution in [1.82, 2.24) is 4.90 Å². The van der Waals surface area contributed by atoms with Gasteiger partial charge in [0.05, 0.1) is 19.3 Å². The Hall–Kier alpha value is -1.37. The smallest absolute Gasteiger partial charge is 0.123 e. The van der Waals surface area contributed by atoms with Crippen LogP contribution in [0.4, 0.5) is 4.39 Å². The Kier molecular flexibility index (Phi) is 3.55. The van der Waals surface area contributed by atoms with E-state index in [1.807, 2.05) is 0 Å². The van der Waals surface area contributed by atoms with Crippen LogP contribution in [0.2, 0.25) is 0 Å². The van der Waals surface area contributed by atoms with Crippen LogP contribution in [-0.2, 0) is 4.74 Å². The zero-order chi connectivity index (χ0) is 11.4. The van der Waals surface area contributed by atoms with Crippen molar-refractivity contribution in [3.8, 4) is 12.3 Å². The van der Waals surface area contributed by atoms with Gasteiger partial charge in [-0.2, -0.15) is 0 Å². The van der Waals surface area contributed by atoms with Gasteiger partial charge in [-0.15, -0.1) is 6.42 Å². The van der Waals surface area contributed by atoms with Gasteiger partial charge in [-0.1, -0.05) is 18.1 Å². The van der Waals surface area contributed by atoms with Gasteiger partial charge < -0.3 is 4.74 Å². The van der Waals surface area contributed by atoms with E-state index in [-0.39, 0.29) is 11.9 Å². The average molecular weight is 219 g/mol. The highest BCUT2D eigenvalue weighted by atomic mass is 19.1. The molecule has 0 spiro atoms. The van der Waals surface area contributed by atoms with Gasteiger partial charge in [-0.3, -0.25) is 4.90 Å². The van der Waals surface area contributed by atoms with E-state index in [4.69, 9.17) is 11.2 Å². The minimum atomic E-state index is -0.222. The highest BCUT2D eigenvalue weighted by molar-refractivity contribution is 5.19. The van der Waals surface area contributed by atoms with Gasteiger partial charge in [0.15, 0.2) is 0 Å². The lowest BCUT2D eigenvalue weighted by Crippen LogP contribution is -2.38. The van der Waals surface area contributed by atoms with Crippen LogP contribution in [0.3, 0.4) is 0 Å². The SMILES string of the molecule is C#CCN1CCOC(c2ccc(F)cc2)C1. The fourth-order valence-corrected chi connectivity index (χ4v) is 1.85. The molecule has 2 rings (SSSR count). The summed E-state index contributed by atoms with van der Waals surface area (Å²) in [5, 5.41) is 0. The second-order valence-electron chi connectivity index (χ2n) is 3.85. The van der Waals surface area contributed by atoms with Crippen LogP contribution in [0.5, 0.6) is 0 Å². The predicted octanol–water partition coefficient (Wildman–Crippen LogP) is 1.83. The summed E-state index contributed by atoms with van der Waals surface area (Å²) in [6, 6.07) is 6.44. The molecule has 0 N–H and O–H groups in total. The average Bonchev–Trinajstić information content (AvgIpc) is 2.31. The molecule has 1 aromatic rings. The van der Waals surface area contributed by atoms with Gasteiger partial charge in [-0.05, 0) is 17.7 Å². The molecule has 2 nitrogen and oxygen atoms in total. The lowest BCUT2D eigenvalue weighted by Gasteiger charge is -2.31. The molecule has 1 heterocycles. The molecule has 1 fully saturated rings. The van der Waals surface area contributed by atoms with Crippen molar-refractivity contribution >= 4 is 0 Å². The summed E-state index contributed by atoms with van der Waals surface area (Å²) in [4.78, 5) is 2.16. The summed E-state index contributed by atoms with van der Waals surface area (Å²) in [7, 11) is 0. The van der Waals surface area contributed by atoms with E-state index >= 15 is 0 Å². The molecule has 0 aromatic heterocycles. The van der Waals surface area contributed by atoms with Crippen molar-refractivity contribution in [3.05, 3.63) is 35.6 Å². The van der Waals surface area contributed by atoms with E-state index < -0.39 is 0 Å². The molecular weight excluding hydrogens is 205 g/mol. The molecule has 1 aliphatic heterocycles. The molecule has 16 heavy (non-hydrogen) atoms. The fourth-order valence-electron chi connectivity index (χ4n) is 1.85. The second-order valence-corrected chi connectivity index (χ2v) is 3.85. The minimum Gasteiger partial charge on any atom is -0.371 e. The van der Waals surface area contributed by atoms with Gasteiger partial charge in [0.1, 0.15) is 5.82 Å². The molecule has 3 heteroatoms. The molecule has 1 saturated heterocycles. The minimum absolute atomic E-state index is 0.00250. The maximum absolute atomic E-state index is 12.8. The molecule has 1 atom stereocenters. The number of hydrogen-bond donors (Lipinski definition) is 0. The number of morpholine rings is 1. The van der Waals surface area contributed by atoms with Crippen molar-refractivity contribution in [2.75, 3.05) is 26.2 Å². The van der Waals surface area contributed by atoms with Gasteiger partial charge in [0.2, 0.25) is 0 Å². The first-order valence-electron chi connectivity index (χ1n) is 5.32. The molecule has 1 unspecified atom stereocenters. The quantitative estimate of drug-likeness (QED) is 0.704. The fraction of sp³-hybridized carbons (Fsp3) is 0.385. The summed E-state index contributed by atoms with van der Waals surface area (Å²) >= 11 is 0. The number of terminal acetylenes is 1. The van der Waals surface area contributed by atoms with Gasteiger partial charge in [0, 0.05) is 13.1 Å². The summed E-state index contributed by atoms with van der Waals surface area (Å²) in [6.45, 7) is 2.95. The van der Waals surface area contributed by atoms with Crippen LogP contribution in [0.1, 0.15) is 11.7 Å². The van der Waals surface area contributed by atoms with E-state index in [1.54, 1.807) is 12.1 Å². The Morgan fingerprint density at radius 1 is 1.44 bits per heavy atom. The molecule has 0 amide bonds. The number of hydrogen-bond acceptors (Lipinski definition) is 2. The Morgan fingerprint density at radius 3 is 2.88 bits per heavy atom. The van der Waals surface area contributed by atoms with E-state index in [1.165, 1.54) is 12.1 Å². The Balaban J connectivity index is 2.04. The topological polar surface area (TPSA) is 12.5 Å². The molecule has 0 bridgehead atoms. The molecular formula is C13H14FNO. The van der Waals surface area contributed by atoms with E-state index in [0.717, 1.165) is 18.7 Å². The van der Waals surface area contributed by atoms with Crippen LogP contribution in [-0.4, -0.2) is 31.1 Å². The predicted molar refractivity (Wildman–Crippen MR) is 60.4 cm³/mol. The lowest BCUT2D eigenvalue weighted by atomic mass is 10.1. The Morgan fingerprint density at radius 2 is 2.19 bits per heavy atom. The molecule has 1 aromatic carbocycles. The first kappa shape index (κ1) is 11.1. The number of rotatable bonds is 2. The zero-order valence-corrected chi connectivity index (χ0v) is 9.03. The summed E-state index contributed by atoms with van der Waals surface area (Å²) < 4.78 is 18.4. The van der Waals surface area contributed by atoms with Crippen molar-refractivity contribution < 1.29 is 9.13 Å². The highest BCUT2D eigenvalue weighted by Gasteiger charge is 2.21. The molecule has 0 radical (unpaired) electrons.